The summed E-state index contributed by atoms with van der Waals surface area (Å²) in [7, 11) is 0. The van der Waals surface area contributed by atoms with Gasteiger partial charge in [-0.2, -0.15) is 13.2 Å². The highest BCUT2D eigenvalue weighted by Gasteiger charge is 2.60. The lowest BCUT2D eigenvalue weighted by Gasteiger charge is -2.42. The van der Waals surface area contributed by atoms with E-state index in [2.05, 4.69) is 0 Å². The van der Waals surface area contributed by atoms with E-state index in [0.29, 0.717) is 0 Å². The van der Waals surface area contributed by atoms with Crippen molar-refractivity contribution in [2.45, 2.75) is 44.5 Å². The van der Waals surface area contributed by atoms with Crippen LogP contribution in [0.2, 0.25) is 0 Å². The van der Waals surface area contributed by atoms with Gasteiger partial charge >= 0.3 is 6.18 Å². The molecule has 0 radical (unpaired) electrons. The quantitative estimate of drug-likeness (QED) is 0.556. The summed E-state index contributed by atoms with van der Waals surface area (Å²) in [6, 6.07) is 0. The van der Waals surface area contributed by atoms with E-state index in [0.717, 1.165) is 13.8 Å². The number of alkyl halides is 6. The molecule has 6 heteroatoms. The van der Waals surface area contributed by atoms with Crippen LogP contribution in [0.4, 0.5) is 26.3 Å². The number of hydrogen-bond donors (Lipinski definition) is 0. The first-order chi connectivity index (χ1) is 6.47. The Labute approximate surface area is 83.6 Å². The fraction of sp³-hybridized carbons (Fsp3) is 1.00. The van der Waals surface area contributed by atoms with Gasteiger partial charge in [-0.05, 0) is 13.3 Å². The molecule has 0 bridgehead atoms. The third-order valence-electron chi connectivity index (χ3n) is 3.16. The summed E-state index contributed by atoms with van der Waals surface area (Å²) < 4.78 is 76.6. The Bertz CT molecular complexity index is 223. The van der Waals surface area contributed by atoms with Crippen LogP contribution in [0.15, 0.2) is 0 Å². The van der Waals surface area contributed by atoms with E-state index < -0.39 is 42.4 Å². The number of hydrogen-bond acceptors (Lipinski definition) is 0. The molecule has 3 unspecified atom stereocenters. The van der Waals surface area contributed by atoms with E-state index in [1.54, 1.807) is 0 Å². The van der Waals surface area contributed by atoms with Crippen molar-refractivity contribution in [3.63, 3.8) is 0 Å². The van der Waals surface area contributed by atoms with E-state index >= 15 is 0 Å². The molecule has 0 aromatic rings. The molecular weight excluding hydrogens is 222 g/mol. The molecule has 0 heterocycles. The minimum atomic E-state index is -4.75. The first-order valence-corrected chi connectivity index (χ1v) is 4.60. The summed E-state index contributed by atoms with van der Waals surface area (Å²) in [5.74, 6) is -7.52. The van der Waals surface area contributed by atoms with Crippen molar-refractivity contribution in [1.29, 1.82) is 0 Å². The lowest BCUT2D eigenvalue weighted by atomic mass is 9.71. The molecule has 90 valence electrons. The van der Waals surface area contributed by atoms with Crippen LogP contribution in [0.25, 0.3) is 0 Å². The van der Waals surface area contributed by atoms with Crippen molar-refractivity contribution in [1.82, 2.24) is 0 Å². The zero-order valence-corrected chi connectivity index (χ0v) is 8.34. The second kappa shape index (κ2) is 3.28. The predicted octanol–water partition coefficient (Wildman–Crippen LogP) is 3.96. The van der Waals surface area contributed by atoms with Gasteiger partial charge in [0.2, 0.25) is 0 Å². The molecule has 0 spiro atoms. The maximum Gasteiger partial charge on any atom is 0.392 e. The highest BCUT2D eigenvalue weighted by molar-refractivity contribution is 4.98. The summed E-state index contributed by atoms with van der Waals surface area (Å²) in [6.45, 7) is 1.76. The van der Waals surface area contributed by atoms with E-state index in [1.165, 1.54) is 0 Å². The highest BCUT2D eigenvalue weighted by Crippen LogP contribution is 2.52. The first-order valence-electron chi connectivity index (χ1n) is 4.60. The number of rotatable bonds is 0. The van der Waals surface area contributed by atoms with Crippen molar-refractivity contribution in [3.05, 3.63) is 0 Å². The molecule has 0 N–H and O–H groups in total. The van der Waals surface area contributed by atoms with Gasteiger partial charge in [-0.15, -0.1) is 0 Å². The monoisotopic (exact) mass is 234 g/mol. The molecule has 1 fully saturated rings. The Hall–Kier alpha value is -0.420. The second-order valence-electron chi connectivity index (χ2n) is 4.41. The average molecular weight is 234 g/mol. The average Bonchev–Trinajstić information content (AvgIpc) is 1.97. The fourth-order valence-electron chi connectivity index (χ4n) is 1.91. The lowest BCUT2D eigenvalue weighted by Crippen LogP contribution is -2.51. The Morgan fingerprint density at radius 1 is 1.07 bits per heavy atom. The van der Waals surface area contributed by atoms with E-state index in [1.807, 2.05) is 0 Å². The van der Waals surface area contributed by atoms with Crippen LogP contribution < -0.4 is 0 Å². The van der Waals surface area contributed by atoms with Crippen molar-refractivity contribution in [3.8, 4) is 0 Å². The zero-order chi connectivity index (χ0) is 12.1. The molecule has 0 aromatic carbocycles. The fourth-order valence-corrected chi connectivity index (χ4v) is 1.91. The van der Waals surface area contributed by atoms with Crippen molar-refractivity contribution >= 4 is 0 Å². The minimum Gasteiger partial charge on any atom is -0.244 e. The third kappa shape index (κ3) is 2.39. The van der Waals surface area contributed by atoms with Crippen LogP contribution in [0.3, 0.4) is 0 Å². The van der Waals surface area contributed by atoms with E-state index in [-0.39, 0.29) is 0 Å². The van der Waals surface area contributed by atoms with Gasteiger partial charge in [0.15, 0.2) is 0 Å². The van der Waals surface area contributed by atoms with Gasteiger partial charge in [-0.1, -0.05) is 6.92 Å². The minimum absolute atomic E-state index is 0.809. The van der Waals surface area contributed by atoms with Gasteiger partial charge in [-0.3, -0.25) is 0 Å². The van der Waals surface area contributed by atoms with E-state index in [9.17, 15) is 26.3 Å². The molecule has 15 heavy (non-hydrogen) atoms. The standard InChI is InChI=1S/C9H12F6/c1-5-7(2,10)3-6(9(13,14)15)4-8(5,11)12/h5-6H,3-4H2,1-2H3. The van der Waals surface area contributed by atoms with Gasteiger partial charge in [0, 0.05) is 6.42 Å². The first kappa shape index (κ1) is 12.6. The topological polar surface area (TPSA) is 0 Å². The van der Waals surface area contributed by atoms with Crippen LogP contribution in [-0.2, 0) is 0 Å². The van der Waals surface area contributed by atoms with Gasteiger partial charge in [-0.25, -0.2) is 13.2 Å². The summed E-state index contributed by atoms with van der Waals surface area (Å²) in [4.78, 5) is 0. The Kier molecular flexibility index (Phi) is 2.77. The molecule has 0 nitrogen and oxygen atoms in total. The Morgan fingerprint density at radius 2 is 1.53 bits per heavy atom. The Balaban J connectivity index is 2.94. The Morgan fingerprint density at radius 3 is 1.87 bits per heavy atom. The molecule has 1 saturated carbocycles. The molecule has 1 aliphatic carbocycles. The van der Waals surface area contributed by atoms with Gasteiger partial charge < -0.3 is 0 Å². The molecular formula is C9H12F6. The summed E-state index contributed by atoms with van der Waals surface area (Å²) in [5.41, 5.74) is -2.47. The third-order valence-corrected chi connectivity index (χ3v) is 3.16. The second-order valence-corrected chi connectivity index (χ2v) is 4.41. The molecule has 1 aliphatic rings. The molecule has 0 aromatic heterocycles. The van der Waals surface area contributed by atoms with Crippen LogP contribution in [0.5, 0.6) is 0 Å². The lowest BCUT2D eigenvalue weighted by molar-refractivity contribution is -0.242. The SMILES string of the molecule is CC1C(C)(F)CC(C(F)(F)F)CC1(F)F. The molecule has 3 atom stereocenters. The van der Waals surface area contributed by atoms with Crippen molar-refractivity contribution < 1.29 is 26.3 Å². The maximum atomic E-state index is 13.6. The van der Waals surface area contributed by atoms with Crippen molar-refractivity contribution in [2.75, 3.05) is 0 Å². The molecule has 0 saturated heterocycles. The molecule has 0 amide bonds. The van der Waals surface area contributed by atoms with Gasteiger partial charge in [0.1, 0.15) is 5.67 Å². The van der Waals surface area contributed by atoms with Crippen LogP contribution >= 0.6 is 0 Å². The largest absolute Gasteiger partial charge is 0.392 e. The smallest absolute Gasteiger partial charge is 0.244 e. The summed E-state index contributed by atoms with van der Waals surface area (Å²) in [6.07, 6.45) is -6.94. The van der Waals surface area contributed by atoms with Gasteiger partial charge in [0.25, 0.3) is 5.92 Å². The maximum absolute atomic E-state index is 13.6. The highest BCUT2D eigenvalue weighted by atomic mass is 19.4. The van der Waals surface area contributed by atoms with Crippen molar-refractivity contribution in [2.24, 2.45) is 11.8 Å². The zero-order valence-electron chi connectivity index (χ0n) is 8.34. The van der Waals surface area contributed by atoms with Crippen LogP contribution in [-0.4, -0.2) is 17.8 Å². The normalized spacial score (nSPS) is 41.6. The molecule has 0 aliphatic heterocycles. The predicted molar refractivity (Wildman–Crippen MR) is 42.4 cm³/mol. The van der Waals surface area contributed by atoms with E-state index in [4.69, 9.17) is 0 Å². The van der Waals surface area contributed by atoms with Gasteiger partial charge in [0.05, 0.1) is 11.8 Å². The summed E-state index contributed by atoms with van der Waals surface area (Å²) in [5, 5.41) is 0. The summed E-state index contributed by atoms with van der Waals surface area (Å²) >= 11 is 0. The van der Waals surface area contributed by atoms with Crippen LogP contribution in [0, 0.1) is 11.8 Å². The molecule has 1 rings (SSSR count). The van der Waals surface area contributed by atoms with Crippen LogP contribution in [0.1, 0.15) is 26.7 Å². The number of halogens is 6.